The molecule has 4 aromatic rings. The van der Waals surface area contributed by atoms with E-state index in [-0.39, 0.29) is 73.8 Å². The number of carbonyl (C=O) groups excluding carboxylic acids is 8. The van der Waals surface area contributed by atoms with Crippen LogP contribution in [0, 0.1) is 0 Å². The molecule has 7 amide bonds. The van der Waals surface area contributed by atoms with Crippen molar-refractivity contribution >= 4 is 87.5 Å². The second kappa shape index (κ2) is 31.9. The molecule has 24 heteroatoms. The van der Waals surface area contributed by atoms with Crippen LogP contribution in [0.5, 0.6) is 17.2 Å². The summed E-state index contributed by atoms with van der Waals surface area (Å²) in [5.41, 5.74) is 2.08. The minimum Gasteiger partial charge on any atom is -0.493 e. The number of alkyl halides is 1. The third kappa shape index (κ3) is 19.1. The molecule has 23 nitrogen and oxygen atoms in total. The lowest BCUT2D eigenvalue weighted by Gasteiger charge is -2.31. The Labute approximate surface area is 512 Å². The molecule has 7 rings (SSSR count). The zero-order valence-corrected chi connectivity index (χ0v) is 51.3. The zero-order valence-electron chi connectivity index (χ0n) is 50.5. The largest absolute Gasteiger partial charge is 0.493 e. The van der Waals surface area contributed by atoms with Crippen molar-refractivity contribution in [2.75, 3.05) is 101 Å². The van der Waals surface area contributed by atoms with Crippen LogP contribution >= 0.6 is 11.6 Å². The fourth-order valence-corrected chi connectivity index (χ4v) is 10.7. The number of benzene rings is 4. The van der Waals surface area contributed by atoms with Crippen molar-refractivity contribution < 1.29 is 71.5 Å². The number of likely N-dealkylation sites (tertiary alicyclic amines) is 1. The lowest BCUT2D eigenvalue weighted by atomic mass is 9.95. The molecule has 0 aliphatic carbocycles. The van der Waals surface area contributed by atoms with E-state index in [1.54, 1.807) is 65.8 Å². The maximum atomic E-state index is 14.4. The highest BCUT2D eigenvalue weighted by Gasteiger charge is 2.36. The topological polar surface area (TPSA) is 262 Å². The standard InChI is InChI=1S/C63H81ClN8O15/c1-8-32-83-60(78)67-49(20-13-14-26-65-59(77)87-63(3,4)5)57(75)66-44-24-22-42(23-25-44)39-85-61(79)68-50-35-54(53(81-7)34-48(50)58(76)71-27-16-17-45(71)40-84-41(2)73)82-33-15-9-10-21-55(74)72-38-43(37-64)56-47-19-12-11-18-46(47)52(36-51(56)72)86-62(80)70-30-28-69(6)29-31-70/h8,11-12,18-19,22-25,34-36,43,45,49H,1,9-10,13-17,20-21,26-33,37-40H2,2-7H3,(H,65,77)(H,66,75)(H,67,78)(H,68,79). The van der Waals surface area contributed by atoms with Gasteiger partial charge in [0.25, 0.3) is 5.91 Å². The Morgan fingerprint density at radius 1 is 0.805 bits per heavy atom. The van der Waals surface area contributed by atoms with Crippen molar-refractivity contribution in [2.24, 2.45) is 0 Å². The Morgan fingerprint density at radius 2 is 1.55 bits per heavy atom. The van der Waals surface area contributed by atoms with Gasteiger partial charge in [-0.1, -0.05) is 49.1 Å². The number of esters is 1. The Hall–Kier alpha value is -8.31. The van der Waals surface area contributed by atoms with E-state index in [0.29, 0.717) is 106 Å². The number of hydrogen-bond acceptors (Lipinski definition) is 16. The van der Waals surface area contributed by atoms with Crippen molar-refractivity contribution in [3.8, 4) is 17.2 Å². The molecule has 3 atom stereocenters. The predicted molar refractivity (Wildman–Crippen MR) is 328 cm³/mol. The summed E-state index contributed by atoms with van der Waals surface area (Å²) >= 11 is 6.55. The molecule has 0 saturated carbocycles. The molecule has 3 heterocycles. The number of unbranched alkanes of at least 4 members (excludes halogenated alkanes) is 3. The van der Waals surface area contributed by atoms with Crippen molar-refractivity contribution in [2.45, 2.75) is 116 Å². The summed E-state index contributed by atoms with van der Waals surface area (Å²) in [6, 6.07) is 17.6. The molecule has 2 saturated heterocycles. The Balaban J connectivity index is 0.966. The minimum absolute atomic E-state index is 0.00300. The van der Waals surface area contributed by atoms with Crippen LogP contribution in [0.4, 0.5) is 36.2 Å². The lowest BCUT2D eigenvalue weighted by Crippen LogP contribution is -2.48. The Bertz CT molecular complexity index is 3090. The fourth-order valence-electron chi connectivity index (χ4n) is 10.4. The van der Waals surface area contributed by atoms with Gasteiger partial charge in [-0.25, -0.2) is 19.2 Å². The number of hydrogen-bond donors (Lipinski definition) is 4. The molecule has 87 heavy (non-hydrogen) atoms. The number of nitrogens with one attached hydrogen (secondary N) is 4. The first-order valence-corrected chi connectivity index (χ1v) is 30.0. The van der Waals surface area contributed by atoms with Gasteiger partial charge in [0, 0.05) is 94.2 Å². The van der Waals surface area contributed by atoms with Crippen LogP contribution < -0.4 is 40.4 Å². The summed E-state index contributed by atoms with van der Waals surface area (Å²) in [5, 5.41) is 12.4. The van der Waals surface area contributed by atoms with Gasteiger partial charge >= 0.3 is 30.3 Å². The van der Waals surface area contributed by atoms with Gasteiger partial charge in [-0.15, -0.1) is 11.6 Å². The molecule has 3 aliphatic heterocycles. The molecule has 4 aromatic carbocycles. The fraction of sp³-hybridized carbons (Fsp3) is 0.492. The first-order valence-electron chi connectivity index (χ1n) is 29.5. The number of nitrogens with zero attached hydrogens (tertiary/aromatic N) is 4. The second-order valence-corrected chi connectivity index (χ2v) is 22.9. The highest BCUT2D eigenvalue weighted by molar-refractivity contribution is 6.19. The van der Waals surface area contributed by atoms with Gasteiger partial charge in [0.2, 0.25) is 11.8 Å². The van der Waals surface area contributed by atoms with Crippen molar-refractivity contribution in [3.63, 3.8) is 0 Å². The Morgan fingerprint density at radius 3 is 2.25 bits per heavy atom. The molecule has 3 aliphatic rings. The molecule has 0 spiro atoms. The molecule has 3 unspecified atom stereocenters. The van der Waals surface area contributed by atoms with E-state index in [1.807, 2.05) is 31.3 Å². The summed E-state index contributed by atoms with van der Waals surface area (Å²) in [5.74, 6) is -0.506. The molecule has 0 radical (unpaired) electrons. The van der Waals surface area contributed by atoms with Gasteiger partial charge in [0.05, 0.1) is 36.7 Å². The molecule has 2 fully saturated rings. The van der Waals surface area contributed by atoms with Gasteiger partial charge in [-0.05, 0) is 114 Å². The van der Waals surface area contributed by atoms with Crippen molar-refractivity contribution in [1.29, 1.82) is 0 Å². The summed E-state index contributed by atoms with van der Waals surface area (Å²) in [4.78, 5) is 112. The Kier molecular flexibility index (Phi) is 24.3. The average molecular weight is 1230 g/mol. The first-order chi connectivity index (χ1) is 41.7. The molecule has 0 aromatic heterocycles. The van der Waals surface area contributed by atoms with Crippen LogP contribution in [-0.4, -0.2) is 166 Å². The van der Waals surface area contributed by atoms with Crippen LogP contribution in [0.3, 0.4) is 0 Å². The van der Waals surface area contributed by atoms with Gasteiger partial charge < -0.3 is 68.7 Å². The van der Waals surface area contributed by atoms with Crippen LogP contribution in [0.2, 0.25) is 0 Å². The summed E-state index contributed by atoms with van der Waals surface area (Å²) in [6.07, 6.45) is 3.08. The molecular formula is C63H81ClN8O15. The number of methoxy groups -OCH3 is 1. The van der Waals surface area contributed by atoms with Crippen molar-refractivity contribution in [3.05, 3.63) is 96.1 Å². The number of amides is 7. The number of fused-ring (bicyclic) bond motifs is 3. The number of carbonyl (C=O) groups is 8. The minimum atomic E-state index is -0.985. The summed E-state index contributed by atoms with van der Waals surface area (Å²) < 4.78 is 39.3. The van der Waals surface area contributed by atoms with Crippen molar-refractivity contribution in [1.82, 2.24) is 25.3 Å². The first kappa shape index (κ1) is 66.2. The maximum Gasteiger partial charge on any atom is 0.415 e. The average Bonchev–Trinajstić information content (AvgIpc) is 1.75. The maximum absolute atomic E-state index is 14.4. The number of piperazine rings is 1. The quantitative estimate of drug-likeness (QED) is 0.0150. The van der Waals surface area contributed by atoms with Gasteiger partial charge in [-0.2, -0.15) is 0 Å². The number of ether oxygens (including phenoxy) is 7. The van der Waals surface area contributed by atoms with E-state index in [2.05, 4.69) is 32.7 Å². The van der Waals surface area contributed by atoms with Gasteiger partial charge in [0.15, 0.2) is 11.5 Å². The van der Waals surface area contributed by atoms with Gasteiger partial charge in [-0.3, -0.25) is 24.5 Å². The highest BCUT2D eigenvalue weighted by atomic mass is 35.5. The third-order valence-corrected chi connectivity index (χ3v) is 15.2. The zero-order chi connectivity index (χ0) is 62.6. The highest BCUT2D eigenvalue weighted by Crippen LogP contribution is 2.46. The molecular weight excluding hydrogens is 1140 g/mol. The SMILES string of the molecule is C=CCOC(=O)NC(CCCCNC(=O)OC(C)(C)C)C(=O)Nc1ccc(COC(=O)Nc2cc(OCCCCCC(=O)N3CC(CCl)c4c3cc(OC(=O)N3CCN(C)CC3)c3ccccc43)c(OC)cc2C(=O)N2CCCC2COC(C)=O)cc1. The van der Waals surface area contributed by atoms with E-state index >= 15 is 0 Å². The van der Waals surface area contributed by atoms with E-state index in [1.165, 1.54) is 32.2 Å². The normalized spacial score (nSPS) is 16.0. The predicted octanol–water partition coefficient (Wildman–Crippen LogP) is 9.73. The van der Waals surface area contributed by atoms with Crippen LogP contribution in [0.25, 0.3) is 10.8 Å². The number of rotatable bonds is 26. The third-order valence-electron chi connectivity index (χ3n) is 14.9. The number of alkyl carbamates (subject to hydrolysis) is 2. The molecule has 4 N–H and O–H groups in total. The van der Waals surface area contributed by atoms with Crippen LogP contribution in [-0.2, 0) is 39.9 Å². The number of likely N-dealkylation sites (N-methyl/N-ethyl adjacent to an activating group) is 1. The van der Waals surface area contributed by atoms with E-state index in [0.717, 1.165) is 29.4 Å². The monoisotopic (exact) mass is 1220 g/mol. The van der Waals surface area contributed by atoms with Gasteiger partial charge in [0.1, 0.15) is 37.2 Å². The summed E-state index contributed by atoms with van der Waals surface area (Å²) in [7, 11) is 3.45. The molecule has 0 bridgehead atoms. The summed E-state index contributed by atoms with van der Waals surface area (Å²) in [6.45, 7) is 13.7. The van der Waals surface area contributed by atoms with Crippen LogP contribution in [0.1, 0.15) is 113 Å². The van der Waals surface area contributed by atoms with E-state index < -0.39 is 59.8 Å². The lowest BCUT2D eigenvalue weighted by molar-refractivity contribution is -0.142. The van der Waals surface area contributed by atoms with E-state index in [4.69, 9.17) is 44.8 Å². The van der Waals surface area contributed by atoms with Crippen LogP contribution in [0.15, 0.2) is 79.4 Å². The smallest absolute Gasteiger partial charge is 0.415 e. The second-order valence-electron chi connectivity index (χ2n) is 22.6. The molecule has 470 valence electrons. The number of anilines is 3. The number of halogens is 1. The van der Waals surface area contributed by atoms with E-state index in [9.17, 15) is 38.4 Å².